The molecular formula is C30H25N3O. The minimum atomic E-state index is -0.458. The van der Waals surface area contributed by atoms with E-state index in [0.717, 1.165) is 40.9 Å². The lowest BCUT2D eigenvalue weighted by atomic mass is 9.58. The van der Waals surface area contributed by atoms with E-state index in [4.69, 9.17) is 11.7 Å². The Balaban J connectivity index is 1.68. The normalized spacial score (nSPS) is 23.7. The van der Waals surface area contributed by atoms with Crippen molar-refractivity contribution in [1.82, 2.24) is 9.78 Å². The first-order valence-electron chi connectivity index (χ1n) is 11.8. The Kier molecular flexibility index (Phi) is 4.57. The highest BCUT2D eigenvalue weighted by molar-refractivity contribution is 6.00. The molecule has 4 nitrogen and oxygen atoms in total. The van der Waals surface area contributed by atoms with Gasteiger partial charge in [-0.1, -0.05) is 86.7 Å². The molecule has 0 amide bonds. The van der Waals surface area contributed by atoms with Crippen molar-refractivity contribution in [3.05, 3.63) is 107 Å². The summed E-state index contributed by atoms with van der Waals surface area (Å²) in [7, 11) is 0. The van der Waals surface area contributed by atoms with Crippen LogP contribution in [0.2, 0.25) is 0 Å². The van der Waals surface area contributed by atoms with E-state index in [1.807, 2.05) is 19.1 Å². The topological polar surface area (TPSA) is 39.2 Å². The van der Waals surface area contributed by atoms with Crippen molar-refractivity contribution in [2.45, 2.75) is 32.1 Å². The number of nitrogens with zero attached hydrogens (tertiary/aromatic N) is 3. The molecule has 0 radical (unpaired) electrons. The molecule has 3 atom stereocenters. The minimum Gasteiger partial charge on any atom is -0.308 e. The number of fused-ring (bicyclic) bond motifs is 4. The number of carbonyl (C=O) groups is 1. The molecule has 2 aliphatic rings. The van der Waals surface area contributed by atoms with Gasteiger partial charge in [0.05, 0.1) is 23.6 Å². The molecule has 166 valence electrons. The molecule has 2 aliphatic carbocycles. The zero-order valence-corrected chi connectivity index (χ0v) is 19.3. The van der Waals surface area contributed by atoms with Crippen molar-refractivity contribution >= 4 is 16.6 Å². The molecule has 1 aromatic heterocycles. The Labute approximate surface area is 199 Å². The van der Waals surface area contributed by atoms with Gasteiger partial charge < -0.3 is 4.79 Å². The molecule has 0 bridgehead atoms. The average molecular weight is 444 g/mol. The van der Waals surface area contributed by atoms with Crippen LogP contribution in [0.15, 0.2) is 84.6 Å². The lowest BCUT2D eigenvalue weighted by Crippen LogP contribution is -2.45. The van der Waals surface area contributed by atoms with Gasteiger partial charge in [-0.25, -0.2) is 9.53 Å². The smallest absolute Gasteiger partial charge is 0.226 e. The molecular weight excluding hydrogens is 418 g/mol. The Morgan fingerprint density at radius 1 is 1.03 bits per heavy atom. The fourth-order valence-corrected chi connectivity index (χ4v) is 6.16. The van der Waals surface area contributed by atoms with E-state index in [9.17, 15) is 4.79 Å². The third-order valence-corrected chi connectivity index (χ3v) is 7.84. The second kappa shape index (κ2) is 7.53. The van der Waals surface area contributed by atoms with E-state index in [1.54, 1.807) is 0 Å². The van der Waals surface area contributed by atoms with E-state index in [2.05, 4.69) is 83.2 Å². The Bertz CT molecular complexity index is 1520. The van der Waals surface area contributed by atoms with Gasteiger partial charge in [-0.2, -0.15) is 5.10 Å². The molecule has 0 saturated carbocycles. The predicted molar refractivity (Wildman–Crippen MR) is 135 cm³/mol. The van der Waals surface area contributed by atoms with Crippen LogP contribution in [-0.2, 0) is 16.6 Å². The largest absolute Gasteiger partial charge is 0.308 e. The number of hydrogen-bond donors (Lipinski definition) is 0. The number of hydrogen-bond acceptors (Lipinski definition) is 2. The van der Waals surface area contributed by atoms with Crippen LogP contribution in [0.1, 0.15) is 31.5 Å². The van der Waals surface area contributed by atoms with Crippen LogP contribution < -0.4 is 0 Å². The van der Waals surface area contributed by atoms with Crippen molar-refractivity contribution in [3.8, 4) is 16.9 Å². The Hall–Kier alpha value is -3.97. The second-order valence-electron chi connectivity index (χ2n) is 9.67. The van der Waals surface area contributed by atoms with E-state index in [1.165, 1.54) is 10.9 Å². The molecule has 1 heterocycles. The zero-order chi connectivity index (χ0) is 23.4. The number of rotatable bonds is 2. The standard InChI is InChI=1S/C30H25N3O/c1-19-24-17-16-23-27(21-11-5-4-6-12-21)33(26-15-9-13-20-10-7-8-14-22(20)26)32-29(23)30(24,2)18-25(31-3)28(19)34/h4-15,18-19,24H,16-17H2,1-2H3/t19-,24-,30-/m1/s1. The van der Waals surface area contributed by atoms with Gasteiger partial charge in [-0.15, -0.1) is 0 Å². The Morgan fingerprint density at radius 3 is 2.56 bits per heavy atom. The van der Waals surface area contributed by atoms with Crippen molar-refractivity contribution in [1.29, 1.82) is 0 Å². The van der Waals surface area contributed by atoms with Crippen LogP contribution in [-0.4, -0.2) is 15.6 Å². The summed E-state index contributed by atoms with van der Waals surface area (Å²) < 4.78 is 2.10. The fraction of sp³-hybridized carbons (Fsp3) is 0.233. The highest BCUT2D eigenvalue weighted by atomic mass is 16.1. The highest BCUT2D eigenvalue weighted by Crippen LogP contribution is 2.51. The molecule has 0 aliphatic heterocycles. The van der Waals surface area contributed by atoms with Crippen molar-refractivity contribution in [2.24, 2.45) is 11.8 Å². The van der Waals surface area contributed by atoms with E-state index in [0.29, 0.717) is 0 Å². The first kappa shape index (κ1) is 20.6. The SMILES string of the molecule is [C-]#[N+]C1=C[C@@]2(C)c3nn(-c4cccc5ccccc45)c(-c4ccccc4)c3CC[C@@H]2[C@@H](C)C1=O. The molecule has 0 N–H and O–H groups in total. The van der Waals surface area contributed by atoms with Gasteiger partial charge in [0.15, 0.2) is 5.78 Å². The van der Waals surface area contributed by atoms with E-state index in [-0.39, 0.29) is 23.3 Å². The number of ketones is 1. The summed E-state index contributed by atoms with van der Waals surface area (Å²) in [5.41, 5.74) is 5.28. The molecule has 34 heavy (non-hydrogen) atoms. The zero-order valence-electron chi connectivity index (χ0n) is 19.3. The van der Waals surface area contributed by atoms with Gasteiger partial charge in [0.2, 0.25) is 5.70 Å². The first-order chi connectivity index (χ1) is 16.5. The molecule has 0 fully saturated rings. The van der Waals surface area contributed by atoms with Crippen LogP contribution in [0.25, 0.3) is 32.6 Å². The van der Waals surface area contributed by atoms with Crippen molar-refractivity contribution in [2.75, 3.05) is 0 Å². The monoisotopic (exact) mass is 443 g/mol. The summed E-state index contributed by atoms with van der Waals surface area (Å²) in [4.78, 5) is 16.4. The fourth-order valence-electron chi connectivity index (χ4n) is 6.16. The summed E-state index contributed by atoms with van der Waals surface area (Å²) in [6, 6.07) is 25.2. The summed E-state index contributed by atoms with van der Waals surface area (Å²) >= 11 is 0. The minimum absolute atomic E-state index is 0.0299. The maximum Gasteiger partial charge on any atom is 0.226 e. The average Bonchev–Trinajstić information content (AvgIpc) is 3.27. The molecule has 0 saturated heterocycles. The van der Waals surface area contributed by atoms with Gasteiger partial charge in [0, 0.05) is 27.8 Å². The van der Waals surface area contributed by atoms with Gasteiger partial charge in [0.25, 0.3) is 0 Å². The van der Waals surface area contributed by atoms with Crippen LogP contribution in [0.5, 0.6) is 0 Å². The molecule has 6 rings (SSSR count). The summed E-state index contributed by atoms with van der Waals surface area (Å²) in [6.07, 6.45) is 3.67. The van der Waals surface area contributed by atoms with Crippen LogP contribution >= 0.6 is 0 Å². The number of aromatic nitrogens is 2. The van der Waals surface area contributed by atoms with Gasteiger partial charge in [-0.3, -0.25) is 0 Å². The summed E-state index contributed by atoms with van der Waals surface area (Å²) in [5.74, 6) is -0.0784. The van der Waals surface area contributed by atoms with Crippen LogP contribution in [0.4, 0.5) is 0 Å². The number of Topliss-reactive ketones (excluding diaryl/α,β-unsaturated/α-hetero) is 1. The quantitative estimate of drug-likeness (QED) is 0.330. The predicted octanol–water partition coefficient (Wildman–Crippen LogP) is 6.53. The summed E-state index contributed by atoms with van der Waals surface area (Å²) in [5, 5.41) is 7.61. The number of carbonyl (C=O) groups excluding carboxylic acids is 1. The maximum absolute atomic E-state index is 12.8. The van der Waals surface area contributed by atoms with Gasteiger partial charge in [-0.05, 0) is 30.2 Å². The maximum atomic E-state index is 12.8. The van der Waals surface area contributed by atoms with Crippen LogP contribution in [0, 0.1) is 18.4 Å². The van der Waals surface area contributed by atoms with Crippen LogP contribution in [0.3, 0.4) is 0 Å². The van der Waals surface area contributed by atoms with E-state index >= 15 is 0 Å². The second-order valence-corrected chi connectivity index (χ2v) is 9.67. The molecule has 0 spiro atoms. The molecule has 3 aromatic carbocycles. The highest BCUT2D eigenvalue weighted by Gasteiger charge is 2.50. The molecule has 4 aromatic rings. The third kappa shape index (κ3) is 2.83. The lowest BCUT2D eigenvalue weighted by Gasteiger charge is -2.44. The summed E-state index contributed by atoms with van der Waals surface area (Å²) in [6.45, 7) is 11.8. The van der Waals surface area contributed by atoms with Gasteiger partial charge >= 0.3 is 0 Å². The number of allylic oxidation sites excluding steroid dienone is 2. The van der Waals surface area contributed by atoms with Gasteiger partial charge in [0.1, 0.15) is 0 Å². The third-order valence-electron chi connectivity index (χ3n) is 7.84. The number of benzene rings is 3. The first-order valence-corrected chi connectivity index (χ1v) is 11.8. The molecule has 4 heteroatoms. The van der Waals surface area contributed by atoms with E-state index < -0.39 is 5.41 Å². The van der Waals surface area contributed by atoms with Crippen molar-refractivity contribution < 1.29 is 4.79 Å². The molecule has 0 unspecified atom stereocenters. The Morgan fingerprint density at radius 2 is 1.76 bits per heavy atom. The lowest BCUT2D eigenvalue weighted by molar-refractivity contribution is -0.121. The van der Waals surface area contributed by atoms with Crippen molar-refractivity contribution in [3.63, 3.8) is 0 Å².